The predicted molar refractivity (Wildman–Crippen MR) is 93.7 cm³/mol. The van der Waals surface area contributed by atoms with Crippen LogP contribution in [0.4, 0.5) is 0 Å². The van der Waals surface area contributed by atoms with E-state index < -0.39 is 0 Å². The lowest BCUT2D eigenvalue weighted by Gasteiger charge is -2.12. The van der Waals surface area contributed by atoms with Crippen molar-refractivity contribution in [1.82, 2.24) is 5.43 Å². The molecular weight excluding hydrogens is 340 g/mol. The molecule has 1 aliphatic rings. The molecule has 0 aromatic heterocycles. The Balaban J connectivity index is 1.77. The van der Waals surface area contributed by atoms with Crippen LogP contribution in [0.25, 0.3) is 0 Å². The van der Waals surface area contributed by atoms with Crippen LogP contribution in [-0.4, -0.2) is 40.2 Å². The number of carbonyl (C=O) groups is 1. The second-order valence-corrected chi connectivity index (χ2v) is 5.21. The van der Waals surface area contributed by atoms with Crippen molar-refractivity contribution >= 4 is 12.1 Å². The normalized spacial score (nSPS) is 12.1. The molecule has 0 fully saturated rings. The smallest absolute Gasteiger partial charge is 0.271 e. The fourth-order valence-corrected chi connectivity index (χ4v) is 2.42. The zero-order valence-electron chi connectivity index (χ0n) is 14.6. The first kappa shape index (κ1) is 17.4. The van der Waals surface area contributed by atoms with Crippen molar-refractivity contribution in [2.75, 3.05) is 28.1 Å². The second kappa shape index (κ2) is 7.64. The average Bonchev–Trinajstić information content (AvgIpc) is 3.15. The summed E-state index contributed by atoms with van der Waals surface area (Å²) < 4.78 is 26.3. The van der Waals surface area contributed by atoms with Crippen LogP contribution in [0, 0.1) is 0 Å². The fraction of sp³-hybridized carbons (Fsp3) is 0.222. The van der Waals surface area contributed by atoms with Crippen LogP contribution in [-0.2, 0) is 0 Å². The Labute approximate surface area is 150 Å². The highest BCUT2D eigenvalue weighted by Gasteiger charge is 2.16. The molecular formula is C18H18N2O6. The van der Waals surface area contributed by atoms with E-state index >= 15 is 0 Å². The van der Waals surface area contributed by atoms with Crippen molar-refractivity contribution in [2.45, 2.75) is 0 Å². The minimum Gasteiger partial charge on any atom is -0.496 e. The van der Waals surface area contributed by atoms with Gasteiger partial charge in [-0.1, -0.05) is 0 Å². The van der Waals surface area contributed by atoms with Gasteiger partial charge in [-0.3, -0.25) is 4.79 Å². The number of methoxy groups -OCH3 is 3. The van der Waals surface area contributed by atoms with Gasteiger partial charge in [0, 0.05) is 17.7 Å². The summed E-state index contributed by atoms with van der Waals surface area (Å²) in [4.78, 5) is 12.2. The zero-order chi connectivity index (χ0) is 18.5. The van der Waals surface area contributed by atoms with Gasteiger partial charge in [0.05, 0.1) is 33.1 Å². The molecule has 0 saturated carbocycles. The molecule has 1 aliphatic heterocycles. The first-order chi connectivity index (χ1) is 12.7. The third-order valence-corrected chi connectivity index (χ3v) is 3.75. The summed E-state index contributed by atoms with van der Waals surface area (Å²) in [5.41, 5.74) is 3.44. The van der Waals surface area contributed by atoms with Gasteiger partial charge in [-0.2, -0.15) is 5.10 Å². The number of benzene rings is 2. The van der Waals surface area contributed by atoms with E-state index in [0.29, 0.717) is 39.9 Å². The van der Waals surface area contributed by atoms with E-state index in [1.54, 1.807) is 37.4 Å². The Morgan fingerprint density at radius 1 is 1.04 bits per heavy atom. The van der Waals surface area contributed by atoms with Gasteiger partial charge in [-0.15, -0.1) is 0 Å². The minimum absolute atomic E-state index is 0.148. The number of nitrogens with zero attached hydrogens (tertiary/aromatic N) is 1. The SMILES string of the molecule is COc1cc(OC)c(C=NNC(=O)c2ccc3c(c2)OCO3)c(OC)c1. The maximum Gasteiger partial charge on any atom is 0.271 e. The van der Waals surface area contributed by atoms with Gasteiger partial charge in [0.15, 0.2) is 11.5 Å². The molecule has 2 aromatic rings. The number of nitrogens with one attached hydrogen (secondary N) is 1. The summed E-state index contributed by atoms with van der Waals surface area (Å²) in [6.07, 6.45) is 1.45. The van der Waals surface area contributed by atoms with Gasteiger partial charge in [-0.25, -0.2) is 5.43 Å². The number of rotatable bonds is 6. The lowest BCUT2D eigenvalue weighted by molar-refractivity contribution is 0.0954. The van der Waals surface area contributed by atoms with Crippen LogP contribution in [0.15, 0.2) is 35.4 Å². The minimum atomic E-state index is -0.383. The molecule has 8 nitrogen and oxygen atoms in total. The third-order valence-electron chi connectivity index (χ3n) is 3.75. The molecule has 0 radical (unpaired) electrons. The Bertz CT molecular complexity index is 825. The molecule has 0 saturated heterocycles. The molecule has 0 spiro atoms. The molecule has 1 N–H and O–H groups in total. The van der Waals surface area contributed by atoms with Crippen molar-refractivity contribution in [1.29, 1.82) is 0 Å². The molecule has 0 unspecified atom stereocenters. The number of fused-ring (bicyclic) bond motifs is 1. The quantitative estimate of drug-likeness (QED) is 0.629. The lowest BCUT2D eigenvalue weighted by atomic mass is 10.2. The van der Waals surface area contributed by atoms with Crippen molar-refractivity contribution in [3.05, 3.63) is 41.5 Å². The molecule has 0 atom stereocenters. The van der Waals surface area contributed by atoms with Crippen LogP contribution in [0.2, 0.25) is 0 Å². The van der Waals surface area contributed by atoms with Crippen LogP contribution < -0.4 is 29.1 Å². The van der Waals surface area contributed by atoms with Crippen molar-refractivity contribution in [2.24, 2.45) is 5.10 Å². The Hall–Kier alpha value is -3.42. The van der Waals surface area contributed by atoms with E-state index in [4.69, 9.17) is 23.7 Å². The van der Waals surface area contributed by atoms with E-state index in [1.165, 1.54) is 20.4 Å². The van der Waals surface area contributed by atoms with E-state index in [2.05, 4.69) is 10.5 Å². The lowest BCUT2D eigenvalue weighted by Crippen LogP contribution is -2.17. The molecule has 136 valence electrons. The van der Waals surface area contributed by atoms with Crippen molar-refractivity contribution in [3.63, 3.8) is 0 Å². The van der Waals surface area contributed by atoms with Crippen LogP contribution in [0.1, 0.15) is 15.9 Å². The fourth-order valence-electron chi connectivity index (χ4n) is 2.42. The highest BCUT2D eigenvalue weighted by Crippen LogP contribution is 2.33. The second-order valence-electron chi connectivity index (χ2n) is 5.21. The van der Waals surface area contributed by atoms with Gasteiger partial charge < -0.3 is 23.7 Å². The molecule has 2 aromatic carbocycles. The summed E-state index contributed by atoms with van der Waals surface area (Å²) in [6, 6.07) is 8.30. The Morgan fingerprint density at radius 2 is 1.73 bits per heavy atom. The molecule has 0 aliphatic carbocycles. The average molecular weight is 358 g/mol. The first-order valence-corrected chi connectivity index (χ1v) is 7.69. The number of carbonyl (C=O) groups excluding carboxylic acids is 1. The largest absolute Gasteiger partial charge is 0.496 e. The van der Waals surface area contributed by atoms with E-state index in [0.717, 1.165) is 0 Å². The Morgan fingerprint density at radius 3 is 2.38 bits per heavy atom. The summed E-state index contributed by atoms with van der Waals surface area (Å²) in [5.74, 6) is 2.34. The highest BCUT2D eigenvalue weighted by atomic mass is 16.7. The monoisotopic (exact) mass is 358 g/mol. The maximum absolute atomic E-state index is 12.2. The summed E-state index contributed by atoms with van der Waals surface area (Å²) >= 11 is 0. The third kappa shape index (κ3) is 3.49. The molecule has 26 heavy (non-hydrogen) atoms. The van der Waals surface area contributed by atoms with Crippen LogP contribution in [0.3, 0.4) is 0 Å². The number of hydrazone groups is 1. The number of amides is 1. The van der Waals surface area contributed by atoms with Gasteiger partial charge in [0.25, 0.3) is 5.91 Å². The van der Waals surface area contributed by atoms with Crippen molar-refractivity contribution in [3.8, 4) is 28.7 Å². The van der Waals surface area contributed by atoms with E-state index in [-0.39, 0.29) is 12.7 Å². The highest BCUT2D eigenvalue weighted by molar-refractivity contribution is 5.96. The van der Waals surface area contributed by atoms with Gasteiger partial charge >= 0.3 is 0 Å². The van der Waals surface area contributed by atoms with Gasteiger partial charge in [0.1, 0.15) is 17.2 Å². The number of hydrogen-bond acceptors (Lipinski definition) is 7. The van der Waals surface area contributed by atoms with Gasteiger partial charge in [0.2, 0.25) is 6.79 Å². The van der Waals surface area contributed by atoms with Gasteiger partial charge in [-0.05, 0) is 18.2 Å². The number of ether oxygens (including phenoxy) is 5. The summed E-state index contributed by atoms with van der Waals surface area (Å²) in [5, 5.41) is 3.99. The van der Waals surface area contributed by atoms with E-state index in [1.807, 2.05) is 0 Å². The first-order valence-electron chi connectivity index (χ1n) is 7.69. The van der Waals surface area contributed by atoms with E-state index in [9.17, 15) is 4.79 Å². The predicted octanol–water partition coefficient (Wildman–Crippen LogP) is 2.21. The molecule has 1 heterocycles. The number of hydrogen-bond donors (Lipinski definition) is 1. The van der Waals surface area contributed by atoms with Crippen LogP contribution >= 0.6 is 0 Å². The summed E-state index contributed by atoms with van der Waals surface area (Å²) in [7, 11) is 4.60. The van der Waals surface area contributed by atoms with Crippen LogP contribution in [0.5, 0.6) is 28.7 Å². The molecule has 3 rings (SSSR count). The molecule has 8 heteroatoms. The zero-order valence-corrected chi connectivity index (χ0v) is 14.6. The topological polar surface area (TPSA) is 87.6 Å². The molecule has 0 bridgehead atoms. The maximum atomic E-state index is 12.2. The molecule has 1 amide bonds. The standard InChI is InChI=1S/C18H18N2O6/c1-22-12-7-15(23-2)13(16(8-12)24-3)9-19-20-18(21)11-4-5-14-17(6-11)26-10-25-14/h4-9H,10H2,1-3H3,(H,20,21). The summed E-state index contributed by atoms with van der Waals surface area (Å²) in [6.45, 7) is 0.148. The van der Waals surface area contributed by atoms with Crippen molar-refractivity contribution < 1.29 is 28.5 Å². The Kier molecular flexibility index (Phi) is 5.12.